The number of anilines is 1. The van der Waals surface area contributed by atoms with Crippen LogP contribution < -0.4 is 10.6 Å². The summed E-state index contributed by atoms with van der Waals surface area (Å²) in [6.07, 6.45) is 8.83. The van der Waals surface area contributed by atoms with Crippen LogP contribution in [0.25, 0.3) is 0 Å². The molecule has 3 atom stereocenters. The molecule has 3 unspecified atom stereocenters. The van der Waals surface area contributed by atoms with Crippen LogP contribution in [0.2, 0.25) is 0 Å². The Morgan fingerprint density at radius 1 is 1.28 bits per heavy atom. The molecule has 2 heterocycles. The predicted molar refractivity (Wildman–Crippen MR) is 74.5 cm³/mol. The zero-order chi connectivity index (χ0) is 12.5. The Balaban J connectivity index is 1.80. The summed E-state index contributed by atoms with van der Waals surface area (Å²) >= 11 is 0. The molecule has 18 heavy (non-hydrogen) atoms. The number of fused-ring (bicyclic) bond motifs is 1. The average Bonchev–Trinajstić information content (AvgIpc) is 2.87. The van der Waals surface area contributed by atoms with Gasteiger partial charge in [0.05, 0.1) is 0 Å². The van der Waals surface area contributed by atoms with Crippen molar-refractivity contribution < 1.29 is 0 Å². The maximum absolute atomic E-state index is 5.87. The molecular weight excluding hydrogens is 222 g/mol. The van der Waals surface area contributed by atoms with Gasteiger partial charge in [-0.05, 0) is 50.2 Å². The summed E-state index contributed by atoms with van der Waals surface area (Å²) in [4.78, 5) is 7.16. The minimum Gasteiger partial charge on any atom is -0.353 e. The second kappa shape index (κ2) is 4.88. The lowest BCUT2D eigenvalue weighted by Crippen LogP contribution is -2.43. The highest BCUT2D eigenvalue weighted by molar-refractivity contribution is 5.42. The minimum absolute atomic E-state index is 0.0761. The molecule has 1 saturated carbocycles. The Hall–Kier alpha value is -1.09. The van der Waals surface area contributed by atoms with Gasteiger partial charge in [0.2, 0.25) is 0 Å². The monoisotopic (exact) mass is 245 g/mol. The van der Waals surface area contributed by atoms with Crippen molar-refractivity contribution in [3.8, 4) is 0 Å². The second-order valence-electron chi connectivity index (χ2n) is 5.83. The zero-order valence-electron chi connectivity index (χ0n) is 11.2. The lowest BCUT2D eigenvalue weighted by atomic mass is 9.92. The van der Waals surface area contributed by atoms with E-state index in [4.69, 9.17) is 5.73 Å². The van der Waals surface area contributed by atoms with E-state index in [0.717, 1.165) is 23.3 Å². The molecule has 0 bridgehead atoms. The maximum atomic E-state index is 5.87. The highest BCUT2D eigenvalue weighted by atomic mass is 15.2. The summed E-state index contributed by atoms with van der Waals surface area (Å²) in [5.41, 5.74) is 7.00. The van der Waals surface area contributed by atoms with Gasteiger partial charge in [-0.15, -0.1) is 0 Å². The van der Waals surface area contributed by atoms with Gasteiger partial charge in [-0.1, -0.05) is 12.5 Å². The molecule has 3 rings (SSSR count). The van der Waals surface area contributed by atoms with Crippen LogP contribution in [0.4, 0.5) is 5.82 Å². The molecule has 98 valence electrons. The molecule has 1 aromatic rings. The number of aromatic nitrogens is 1. The average molecular weight is 245 g/mol. The van der Waals surface area contributed by atoms with E-state index in [1.165, 1.54) is 38.6 Å². The van der Waals surface area contributed by atoms with Crippen molar-refractivity contribution in [1.82, 2.24) is 4.98 Å². The van der Waals surface area contributed by atoms with Crippen LogP contribution in [-0.4, -0.2) is 17.6 Å². The summed E-state index contributed by atoms with van der Waals surface area (Å²) in [6.45, 7) is 3.18. The minimum atomic E-state index is 0.0761. The van der Waals surface area contributed by atoms with E-state index in [1.54, 1.807) is 0 Å². The summed E-state index contributed by atoms with van der Waals surface area (Å²) < 4.78 is 0. The van der Waals surface area contributed by atoms with Crippen LogP contribution in [0.3, 0.4) is 0 Å². The van der Waals surface area contributed by atoms with Crippen LogP contribution in [0, 0.1) is 5.92 Å². The van der Waals surface area contributed by atoms with Crippen LogP contribution in [0.5, 0.6) is 0 Å². The third kappa shape index (κ3) is 2.12. The highest BCUT2D eigenvalue weighted by Gasteiger charge is 2.35. The first-order chi connectivity index (χ1) is 8.75. The van der Waals surface area contributed by atoms with Gasteiger partial charge in [0.25, 0.3) is 0 Å². The van der Waals surface area contributed by atoms with Crippen molar-refractivity contribution in [2.75, 3.05) is 11.4 Å². The molecule has 2 N–H and O–H groups in total. The summed E-state index contributed by atoms with van der Waals surface area (Å²) in [7, 11) is 0. The molecule has 2 fully saturated rings. The number of nitrogens with zero attached hydrogens (tertiary/aromatic N) is 2. The molecule has 0 spiro atoms. The van der Waals surface area contributed by atoms with Crippen LogP contribution in [0.15, 0.2) is 18.3 Å². The van der Waals surface area contributed by atoms with Crippen LogP contribution in [0.1, 0.15) is 50.6 Å². The fraction of sp³-hybridized carbons (Fsp3) is 0.667. The summed E-state index contributed by atoms with van der Waals surface area (Å²) in [6, 6.07) is 5.10. The van der Waals surface area contributed by atoms with Crippen molar-refractivity contribution in [2.45, 2.75) is 51.1 Å². The highest BCUT2D eigenvalue weighted by Crippen LogP contribution is 2.38. The lowest BCUT2D eigenvalue weighted by molar-refractivity contribution is 0.360. The molecule has 3 nitrogen and oxygen atoms in total. The zero-order valence-corrected chi connectivity index (χ0v) is 11.2. The quantitative estimate of drug-likeness (QED) is 0.871. The molecule has 0 aromatic carbocycles. The van der Waals surface area contributed by atoms with Crippen LogP contribution >= 0.6 is 0 Å². The first-order valence-corrected chi connectivity index (χ1v) is 7.24. The standard InChI is InChI=1S/C15H23N3/c1-11(16)13-7-8-15(17-10-13)18-9-3-5-12-4-2-6-14(12)18/h7-8,10-12,14H,2-6,9,16H2,1H3. The number of hydrogen-bond donors (Lipinski definition) is 1. The van der Waals surface area contributed by atoms with Crippen molar-refractivity contribution >= 4 is 5.82 Å². The van der Waals surface area contributed by atoms with Gasteiger partial charge in [0.1, 0.15) is 5.82 Å². The fourth-order valence-electron chi connectivity index (χ4n) is 3.58. The number of pyridine rings is 1. The van der Waals surface area contributed by atoms with Gasteiger partial charge in [-0.25, -0.2) is 4.98 Å². The number of nitrogens with two attached hydrogens (primary N) is 1. The van der Waals surface area contributed by atoms with E-state index in [-0.39, 0.29) is 6.04 Å². The summed E-state index contributed by atoms with van der Waals surface area (Å²) in [5, 5.41) is 0. The Kier molecular flexibility index (Phi) is 3.25. The molecule has 0 amide bonds. The van der Waals surface area contributed by atoms with Gasteiger partial charge in [0.15, 0.2) is 0 Å². The van der Waals surface area contributed by atoms with E-state index >= 15 is 0 Å². The van der Waals surface area contributed by atoms with Crippen LogP contribution in [-0.2, 0) is 0 Å². The van der Waals surface area contributed by atoms with Crippen molar-refractivity contribution in [3.63, 3.8) is 0 Å². The van der Waals surface area contributed by atoms with Crippen molar-refractivity contribution in [2.24, 2.45) is 11.7 Å². The second-order valence-corrected chi connectivity index (χ2v) is 5.83. The Labute approximate surface area is 109 Å². The molecule has 1 aliphatic heterocycles. The topological polar surface area (TPSA) is 42.1 Å². The van der Waals surface area contributed by atoms with E-state index in [0.29, 0.717) is 0 Å². The fourth-order valence-corrected chi connectivity index (χ4v) is 3.58. The van der Waals surface area contributed by atoms with E-state index < -0.39 is 0 Å². The van der Waals surface area contributed by atoms with Gasteiger partial charge >= 0.3 is 0 Å². The van der Waals surface area contributed by atoms with Gasteiger partial charge in [-0.3, -0.25) is 0 Å². The van der Waals surface area contributed by atoms with Gasteiger partial charge in [-0.2, -0.15) is 0 Å². The smallest absolute Gasteiger partial charge is 0.128 e. The van der Waals surface area contributed by atoms with Gasteiger partial charge in [0, 0.05) is 24.8 Å². The Morgan fingerprint density at radius 2 is 2.11 bits per heavy atom. The van der Waals surface area contributed by atoms with Gasteiger partial charge < -0.3 is 10.6 Å². The largest absolute Gasteiger partial charge is 0.353 e. The Morgan fingerprint density at radius 3 is 2.83 bits per heavy atom. The first-order valence-electron chi connectivity index (χ1n) is 7.24. The number of rotatable bonds is 2. The SMILES string of the molecule is CC(N)c1ccc(N2CCCC3CCCC32)nc1. The third-order valence-corrected chi connectivity index (χ3v) is 4.58. The molecule has 1 aliphatic carbocycles. The van der Waals surface area contributed by atoms with E-state index in [9.17, 15) is 0 Å². The molecule has 3 heteroatoms. The normalized spacial score (nSPS) is 29.1. The van der Waals surface area contributed by atoms with E-state index in [2.05, 4.69) is 22.0 Å². The molecule has 1 saturated heterocycles. The summed E-state index contributed by atoms with van der Waals surface area (Å²) in [5.74, 6) is 2.06. The first kappa shape index (κ1) is 12.0. The van der Waals surface area contributed by atoms with E-state index in [1.807, 2.05) is 13.1 Å². The Bertz CT molecular complexity index is 399. The number of hydrogen-bond acceptors (Lipinski definition) is 3. The maximum Gasteiger partial charge on any atom is 0.128 e. The lowest BCUT2D eigenvalue weighted by Gasteiger charge is -2.38. The van der Waals surface area contributed by atoms with Crippen molar-refractivity contribution in [1.29, 1.82) is 0 Å². The number of piperidine rings is 1. The third-order valence-electron chi connectivity index (χ3n) is 4.58. The molecule has 2 aliphatic rings. The van der Waals surface area contributed by atoms with Crippen molar-refractivity contribution in [3.05, 3.63) is 23.9 Å². The predicted octanol–water partition coefficient (Wildman–Crippen LogP) is 2.87. The molecule has 1 aromatic heterocycles. The molecule has 0 radical (unpaired) electrons. The molecular formula is C15H23N3.